The van der Waals surface area contributed by atoms with Crippen molar-refractivity contribution in [2.24, 2.45) is 5.92 Å². The van der Waals surface area contributed by atoms with Gasteiger partial charge in [-0.1, -0.05) is 6.92 Å². The van der Waals surface area contributed by atoms with Gasteiger partial charge in [0.1, 0.15) is 5.92 Å². The predicted octanol–water partition coefficient (Wildman–Crippen LogP) is 1.30. The third-order valence-corrected chi connectivity index (χ3v) is 2.87. The summed E-state index contributed by atoms with van der Waals surface area (Å²) in [7, 11) is 0. The van der Waals surface area contributed by atoms with Gasteiger partial charge in [0.15, 0.2) is 5.82 Å². The lowest BCUT2D eigenvalue weighted by atomic mass is 9.81. The van der Waals surface area contributed by atoms with Crippen molar-refractivity contribution in [1.29, 1.82) is 5.26 Å². The van der Waals surface area contributed by atoms with Gasteiger partial charge in [-0.3, -0.25) is 9.89 Å². The molecular formula is C10H12N4O. The third kappa shape index (κ3) is 1.30. The highest BCUT2D eigenvalue weighted by Gasteiger charge is 2.37. The monoisotopic (exact) mass is 204 g/mol. The van der Waals surface area contributed by atoms with Crippen molar-refractivity contribution in [3.05, 3.63) is 11.3 Å². The fraction of sp³-hybridized carbons (Fsp3) is 0.500. The molecule has 0 radical (unpaired) electrons. The molecule has 0 aliphatic carbocycles. The van der Waals surface area contributed by atoms with Gasteiger partial charge in [-0.25, -0.2) is 0 Å². The number of carbonyl (C=O) groups is 1. The SMILES string of the molecule is CCC1c2c(n[nH]c2C)NC(=O)C1C#N. The van der Waals surface area contributed by atoms with Crippen LogP contribution in [0.5, 0.6) is 0 Å². The summed E-state index contributed by atoms with van der Waals surface area (Å²) in [5, 5.41) is 18.5. The van der Waals surface area contributed by atoms with Crippen LogP contribution in [0.3, 0.4) is 0 Å². The maximum absolute atomic E-state index is 11.6. The lowest BCUT2D eigenvalue weighted by molar-refractivity contribution is -0.119. The summed E-state index contributed by atoms with van der Waals surface area (Å²) in [5.74, 6) is -0.310. The van der Waals surface area contributed by atoms with E-state index >= 15 is 0 Å². The van der Waals surface area contributed by atoms with Crippen LogP contribution in [0.2, 0.25) is 0 Å². The number of aromatic amines is 1. The number of nitrogens with one attached hydrogen (secondary N) is 2. The number of nitrogens with zero attached hydrogens (tertiary/aromatic N) is 2. The van der Waals surface area contributed by atoms with E-state index in [-0.39, 0.29) is 11.8 Å². The number of aromatic nitrogens is 2. The minimum Gasteiger partial charge on any atom is -0.308 e. The zero-order valence-electron chi connectivity index (χ0n) is 8.66. The van der Waals surface area contributed by atoms with E-state index in [0.29, 0.717) is 5.82 Å². The molecule has 2 atom stereocenters. The second-order valence-corrected chi connectivity index (χ2v) is 3.72. The van der Waals surface area contributed by atoms with E-state index < -0.39 is 5.92 Å². The van der Waals surface area contributed by atoms with Crippen LogP contribution in [-0.2, 0) is 4.79 Å². The first-order chi connectivity index (χ1) is 7.19. The molecule has 1 aromatic heterocycles. The van der Waals surface area contributed by atoms with Gasteiger partial charge in [-0.15, -0.1) is 0 Å². The molecule has 0 saturated heterocycles. The molecule has 2 unspecified atom stereocenters. The van der Waals surface area contributed by atoms with Gasteiger partial charge >= 0.3 is 0 Å². The van der Waals surface area contributed by atoms with Crippen molar-refractivity contribution >= 4 is 11.7 Å². The summed E-state index contributed by atoms with van der Waals surface area (Å²) in [5.41, 5.74) is 1.90. The lowest BCUT2D eigenvalue weighted by Gasteiger charge is -2.25. The second kappa shape index (κ2) is 3.39. The molecule has 0 bridgehead atoms. The van der Waals surface area contributed by atoms with Crippen LogP contribution in [0.15, 0.2) is 0 Å². The van der Waals surface area contributed by atoms with E-state index in [9.17, 15) is 4.79 Å². The highest BCUT2D eigenvalue weighted by atomic mass is 16.2. The molecule has 0 saturated carbocycles. The highest BCUT2D eigenvalue weighted by molar-refractivity contribution is 5.97. The van der Waals surface area contributed by atoms with Crippen LogP contribution in [0.1, 0.15) is 30.5 Å². The molecule has 1 amide bonds. The summed E-state index contributed by atoms with van der Waals surface area (Å²) in [6.45, 7) is 3.88. The Morgan fingerprint density at radius 3 is 2.93 bits per heavy atom. The number of amides is 1. The number of carbonyl (C=O) groups excluding carboxylic acids is 1. The molecule has 0 fully saturated rings. The molecule has 15 heavy (non-hydrogen) atoms. The molecule has 1 aromatic rings. The Morgan fingerprint density at radius 2 is 2.33 bits per heavy atom. The fourth-order valence-corrected chi connectivity index (χ4v) is 2.12. The molecular weight excluding hydrogens is 192 g/mol. The van der Waals surface area contributed by atoms with Gasteiger partial charge in [-0.05, 0) is 13.3 Å². The Balaban J connectivity index is 2.53. The number of nitriles is 1. The van der Waals surface area contributed by atoms with E-state index in [1.165, 1.54) is 0 Å². The van der Waals surface area contributed by atoms with Gasteiger partial charge < -0.3 is 5.32 Å². The quantitative estimate of drug-likeness (QED) is 0.723. The zero-order chi connectivity index (χ0) is 11.0. The Hall–Kier alpha value is -1.83. The molecule has 2 rings (SSSR count). The predicted molar refractivity (Wildman–Crippen MR) is 54.1 cm³/mol. The number of fused-ring (bicyclic) bond motifs is 1. The van der Waals surface area contributed by atoms with Gasteiger partial charge in [-0.2, -0.15) is 10.4 Å². The zero-order valence-corrected chi connectivity index (χ0v) is 8.66. The first-order valence-electron chi connectivity index (χ1n) is 4.94. The molecule has 0 spiro atoms. The number of hydrogen-bond acceptors (Lipinski definition) is 3. The van der Waals surface area contributed by atoms with Crippen LogP contribution in [0, 0.1) is 24.2 Å². The molecule has 5 nitrogen and oxygen atoms in total. The van der Waals surface area contributed by atoms with Gasteiger partial charge in [0.2, 0.25) is 5.91 Å². The number of aryl methyl sites for hydroxylation is 1. The Morgan fingerprint density at radius 1 is 1.60 bits per heavy atom. The third-order valence-electron chi connectivity index (χ3n) is 2.87. The average molecular weight is 204 g/mol. The molecule has 78 valence electrons. The first kappa shape index (κ1) is 9.71. The van der Waals surface area contributed by atoms with Crippen molar-refractivity contribution in [3.63, 3.8) is 0 Å². The Kier molecular flexibility index (Phi) is 2.19. The lowest BCUT2D eigenvalue weighted by Crippen LogP contribution is -2.32. The van der Waals surface area contributed by atoms with E-state index in [1.807, 2.05) is 13.8 Å². The van der Waals surface area contributed by atoms with Crippen molar-refractivity contribution in [1.82, 2.24) is 10.2 Å². The number of anilines is 1. The topological polar surface area (TPSA) is 81.6 Å². The molecule has 1 aliphatic rings. The van der Waals surface area contributed by atoms with Crippen LogP contribution in [0.25, 0.3) is 0 Å². The molecule has 1 aliphatic heterocycles. The van der Waals surface area contributed by atoms with E-state index in [0.717, 1.165) is 17.7 Å². The summed E-state index contributed by atoms with van der Waals surface area (Å²) < 4.78 is 0. The largest absolute Gasteiger partial charge is 0.308 e. The second-order valence-electron chi connectivity index (χ2n) is 3.72. The fourth-order valence-electron chi connectivity index (χ4n) is 2.12. The maximum Gasteiger partial charge on any atom is 0.243 e. The standard InChI is InChI=1S/C10H12N4O/c1-3-6-7(4-11)10(15)12-9-8(6)5(2)13-14-9/h6-7H,3H2,1-2H3,(H2,12,13,14,15). The summed E-state index contributed by atoms with van der Waals surface area (Å²) >= 11 is 0. The van der Waals surface area contributed by atoms with Gasteiger partial charge in [0.25, 0.3) is 0 Å². The van der Waals surface area contributed by atoms with Crippen LogP contribution in [0.4, 0.5) is 5.82 Å². The average Bonchev–Trinajstić information content (AvgIpc) is 2.58. The van der Waals surface area contributed by atoms with E-state index in [4.69, 9.17) is 5.26 Å². The van der Waals surface area contributed by atoms with Crippen LogP contribution in [-0.4, -0.2) is 16.1 Å². The van der Waals surface area contributed by atoms with Crippen molar-refractivity contribution in [2.45, 2.75) is 26.2 Å². The normalized spacial score (nSPS) is 24.2. The Labute approximate surface area is 87.5 Å². The van der Waals surface area contributed by atoms with Gasteiger partial charge in [0, 0.05) is 17.2 Å². The molecule has 5 heteroatoms. The van der Waals surface area contributed by atoms with Crippen LogP contribution >= 0.6 is 0 Å². The number of H-pyrrole nitrogens is 1. The van der Waals surface area contributed by atoms with Crippen LogP contribution < -0.4 is 5.32 Å². The first-order valence-corrected chi connectivity index (χ1v) is 4.94. The van der Waals surface area contributed by atoms with E-state index in [2.05, 4.69) is 21.6 Å². The van der Waals surface area contributed by atoms with Crippen molar-refractivity contribution in [2.75, 3.05) is 5.32 Å². The highest BCUT2D eigenvalue weighted by Crippen LogP contribution is 2.38. The summed E-state index contributed by atoms with van der Waals surface area (Å²) in [4.78, 5) is 11.6. The molecule has 0 aromatic carbocycles. The minimum atomic E-state index is -0.598. The minimum absolute atomic E-state index is 0.0440. The van der Waals surface area contributed by atoms with Crippen molar-refractivity contribution in [3.8, 4) is 6.07 Å². The molecule has 2 heterocycles. The molecule has 2 N–H and O–H groups in total. The van der Waals surface area contributed by atoms with E-state index in [1.54, 1.807) is 0 Å². The van der Waals surface area contributed by atoms with Crippen molar-refractivity contribution < 1.29 is 4.79 Å². The number of rotatable bonds is 1. The van der Waals surface area contributed by atoms with Gasteiger partial charge in [0.05, 0.1) is 6.07 Å². The smallest absolute Gasteiger partial charge is 0.243 e. The Bertz CT molecular complexity index is 443. The summed E-state index contributed by atoms with van der Waals surface area (Å²) in [6.07, 6.45) is 0.763. The number of hydrogen-bond donors (Lipinski definition) is 2. The maximum atomic E-state index is 11.6. The summed E-state index contributed by atoms with van der Waals surface area (Å²) in [6, 6.07) is 2.06.